The second-order valence-corrected chi connectivity index (χ2v) is 6.86. The Bertz CT molecular complexity index is 796. The van der Waals surface area contributed by atoms with Crippen LogP contribution < -0.4 is 4.90 Å². The van der Waals surface area contributed by atoms with Crippen LogP contribution in [-0.4, -0.2) is 7.05 Å². The summed E-state index contributed by atoms with van der Waals surface area (Å²) < 4.78 is 0. The Labute approximate surface area is 133 Å². The minimum atomic E-state index is 0.127. The van der Waals surface area contributed by atoms with Crippen LogP contribution >= 0.6 is 0 Å². The van der Waals surface area contributed by atoms with Crippen LogP contribution in [0.15, 0.2) is 66.7 Å². The molecule has 0 bridgehead atoms. The first-order valence-electron chi connectivity index (χ1n) is 7.79. The largest absolute Gasteiger partial charge is 0.344 e. The molecule has 3 rings (SSSR count). The number of rotatable bonds is 2. The standard InChI is InChI=1S/C21H23N/c1-21(2,3)19-11-7-8-12-20(19)22(4)18-14-13-16-9-5-6-10-17(16)15-18/h5-15H,1-4H3. The van der Waals surface area contributed by atoms with Gasteiger partial charge < -0.3 is 4.90 Å². The predicted octanol–water partition coefficient (Wildman–Crippen LogP) is 5.91. The number of nitrogens with zero attached hydrogens (tertiary/aromatic N) is 1. The maximum Gasteiger partial charge on any atom is 0.0446 e. The molecule has 0 aliphatic heterocycles. The maximum absolute atomic E-state index is 2.28. The van der Waals surface area contributed by atoms with E-state index in [-0.39, 0.29) is 5.41 Å². The summed E-state index contributed by atoms with van der Waals surface area (Å²) in [6, 6.07) is 23.8. The van der Waals surface area contributed by atoms with Crippen LogP contribution in [-0.2, 0) is 5.41 Å². The van der Waals surface area contributed by atoms with Gasteiger partial charge in [0, 0.05) is 18.4 Å². The Morgan fingerprint density at radius 3 is 2.09 bits per heavy atom. The third-order valence-corrected chi connectivity index (χ3v) is 4.19. The van der Waals surface area contributed by atoms with Gasteiger partial charge in [-0.25, -0.2) is 0 Å². The van der Waals surface area contributed by atoms with Crippen LogP contribution in [0, 0.1) is 0 Å². The molecule has 0 saturated heterocycles. The molecule has 0 aliphatic carbocycles. The highest BCUT2D eigenvalue weighted by molar-refractivity contribution is 5.87. The van der Waals surface area contributed by atoms with Gasteiger partial charge in [0.25, 0.3) is 0 Å². The third kappa shape index (κ3) is 2.71. The lowest BCUT2D eigenvalue weighted by Crippen LogP contribution is -2.18. The Balaban J connectivity index is 2.08. The maximum atomic E-state index is 2.28. The number of anilines is 2. The Hall–Kier alpha value is -2.28. The second-order valence-electron chi connectivity index (χ2n) is 6.86. The summed E-state index contributed by atoms with van der Waals surface area (Å²) >= 11 is 0. The molecule has 3 aromatic carbocycles. The highest BCUT2D eigenvalue weighted by Gasteiger charge is 2.19. The van der Waals surface area contributed by atoms with Gasteiger partial charge in [-0.15, -0.1) is 0 Å². The van der Waals surface area contributed by atoms with E-state index in [9.17, 15) is 0 Å². The molecule has 0 spiro atoms. The minimum absolute atomic E-state index is 0.127. The van der Waals surface area contributed by atoms with Crippen LogP contribution in [0.5, 0.6) is 0 Å². The molecule has 0 radical (unpaired) electrons. The summed E-state index contributed by atoms with van der Waals surface area (Å²) in [4.78, 5) is 2.28. The van der Waals surface area contributed by atoms with E-state index in [2.05, 4.69) is 99.4 Å². The Morgan fingerprint density at radius 2 is 1.36 bits per heavy atom. The summed E-state index contributed by atoms with van der Waals surface area (Å²) in [5.74, 6) is 0. The first-order valence-corrected chi connectivity index (χ1v) is 7.79. The summed E-state index contributed by atoms with van der Waals surface area (Å²) in [6.45, 7) is 6.79. The molecule has 3 aromatic rings. The molecule has 0 saturated carbocycles. The first kappa shape index (κ1) is 14.6. The number of para-hydroxylation sites is 1. The third-order valence-electron chi connectivity index (χ3n) is 4.19. The van der Waals surface area contributed by atoms with Gasteiger partial charge in [-0.2, -0.15) is 0 Å². The van der Waals surface area contributed by atoms with E-state index in [1.54, 1.807) is 0 Å². The molecule has 0 amide bonds. The summed E-state index contributed by atoms with van der Waals surface area (Å²) in [6.07, 6.45) is 0. The fraction of sp³-hybridized carbons (Fsp3) is 0.238. The average molecular weight is 289 g/mol. The van der Waals surface area contributed by atoms with Gasteiger partial charge in [-0.05, 0) is 39.9 Å². The van der Waals surface area contributed by atoms with Gasteiger partial charge in [-0.3, -0.25) is 0 Å². The van der Waals surface area contributed by atoms with Crippen LogP contribution in [0.2, 0.25) is 0 Å². The normalized spacial score (nSPS) is 11.6. The van der Waals surface area contributed by atoms with E-state index in [4.69, 9.17) is 0 Å². The van der Waals surface area contributed by atoms with E-state index in [0.717, 1.165) is 0 Å². The van der Waals surface area contributed by atoms with Gasteiger partial charge in [0.2, 0.25) is 0 Å². The minimum Gasteiger partial charge on any atom is -0.344 e. The monoisotopic (exact) mass is 289 g/mol. The van der Waals surface area contributed by atoms with Crippen LogP contribution in [0.3, 0.4) is 0 Å². The average Bonchev–Trinajstić information content (AvgIpc) is 2.53. The number of hydrogen-bond donors (Lipinski definition) is 0. The van der Waals surface area contributed by atoms with E-state index in [1.165, 1.54) is 27.7 Å². The highest BCUT2D eigenvalue weighted by Crippen LogP contribution is 2.35. The van der Waals surface area contributed by atoms with Crippen molar-refractivity contribution in [2.24, 2.45) is 0 Å². The van der Waals surface area contributed by atoms with Crippen molar-refractivity contribution >= 4 is 22.1 Å². The van der Waals surface area contributed by atoms with Crippen molar-refractivity contribution in [3.63, 3.8) is 0 Å². The summed E-state index contributed by atoms with van der Waals surface area (Å²) in [5, 5.41) is 2.56. The van der Waals surface area contributed by atoms with Crippen molar-refractivity contribution in [3.05, 3.63) is 72.3 Å². The van der Waals surface area contributed by atoms with Gasteiger partial charge in [0.1, 0.15) is 0 Å². The van der Waals surface area contributed by atoms with Crippen molar-refractivity contribution in [1.29, 1.82) is 0 Å². The van der Waals surface area contributed by atoms with Crippen molar-refractivity contribution in [2.75, 3.05) is 11.9 Å². The summed E-state index contributed by atoms with van der Waals surface area (Å²) in [7, 11) is 2.15. The lowest BCUT2D eigenvalue weighted by atomic mass is 9.85. The van der Waals surface area contributed by atoms with Gasteiger partial charge >= 0.3 is 0 Å². The number of hydrogen-bond acceptors (Lipinski definition) is 1. The predicted molar refractivity (Wildman–Crippen MR) is 97.2 cm³/mol. The van der Waals surface area contributed by atoms with E-state index >= 15 is 0 Å². The zero-order valence-electron chi connectivity index (χ0n) is 13.8. The second kappa shape index (κ2) is 5.49. The molecule has 1 heteroatoms. The molecule has 22 heavy (non-hydrogen) atoms. The molecule has 0 atom stereocenters. The Morgan fingerprint density at radius 1 is 0.727 bits per heavy atom. The highest BCUT2D eigenvalue weighted by atomic mass is 15.1. The number of fused-ring (bicyclic) bond motifs is 1. The fourth-order valence-electron chi connectivity index (χ4n) is 2.92. The van der Waals surface area contributed by atoms with Crippen molar-refractivity contribution in [2.45, 2.75) is 26.2 Å². The molecule has 0 N–H and O–H groups in total. The van der Waals surface area contributed by atoms with Crippen LogP contribution in [0.25, 0.3) is 10.8 Å². The molecule has 0 aromatic heterocycles. The lowest BCUT2D eigenvalue weighted by molar-refractivity contribution is 0.590. The van der Waals surface area contributed by atoms with Gasteiger partial charge in [-0.1, -0.05) is 69.3 Å². The van der Waals surface area contributed by atoms with Crippen molar-refractivity contribution in [3.8, 4) is 0 Å². The van der Waals surface area contributed by atoms with Crippen LogP contribution in [0.1, 0.15) is 26.3 Å². The quantitative estimate of drug-likeness (QED) is 0.567. The van der Waals surface area contributed by atoms with Gasteiger partial charge in [0.15, 0.2) is 0 Å². The van der Waals surface area contributed by atoms with E-state index < -0.39 is 0 Å². The first-order chi connectivity index (χ1) is 10.5. The molecule has 0 heterocycles. The zero-order chi connectivity index (χ0) is 15.7. The summed E-state index contributed by atoms with van der Waals surface area (Å²) in [5.41, 5.74) is 3.98. The molecule has 112 valence electrons. The Kier molecular flexibility index (Phi) is 3.66. The zero-order valence-corrected chi connectivity index (χ0v) is 13.8. The SMILES string of the molecule is CN(c1ccc2ccccc2c1)c1ccccc1C(C)(C)C. The van der Waals surface area contributed by atoms with Gasteiger partial charge in [0.05, 0.1) is 0 Å². The lowest BCUT2D eigenvalue weighted by Gasteiger charge is -2.29. The van der Waals surface area contributed by atoms with E-state index in [1.807, 2.05) is 0 Å². The molecule has 1 nitrogen and oxygen atoms in total. The molecular weight excluding hydrogens is 266 g/mol. The van der Waals surface area contributed by atoms with Crippen molar-refractivity contribution < 1.29 is 0 Å². The molecule has 0 aliphatic rings. The molecule has 0 fully saturated rings. The smallest absolute Gasteiger partial charge is 0.0446 e. The fourth-order valence-corrected chi connectivity index (χ4v) is 2.92. The molecule has 0 unspecified atom stereocenters. The topological polar surface area (TPSA) is 3.24 Å². The number of benzene rings is 3. The van der Waals surface area contributed by atoms with Crippen molar-refractivity contribution in [1.82, 2.24) is 0 Å². The van der Waals surface area contributed by atoms with Crippen LogP contribution in [0.4, 0.5) is 11.4 Å². The van der Waals surface area contributed by atoms with E-state index in [0.29, 0.717) is 0 Å². The molecular formula is C21H23N.